The zero-order chi connectivity index (χ0) is 28.7. The maximum atomic E-state index is 13.4. The molecule has 0 bridgehead atoms. The van der Waals surface area contributed by atoms with E-state index in [-0.39, 0.29) is 18.3 Å². The number of hydrogen-bond acceptors (Lipinski definition) is 5. The van der Waals surface area contributed by atoms with Crippen LogP contribution in [0.2, 0.25) is 25.7 Å². The van der Waals surface area contributed by atoms with Gasteiger partial charge in [0.1, 0.15) is 6.73 Å². The number of anilines is 1. The number of aromatic nitrogens is 3. The van der Waals surface area contributed by atoms with Gasteiger partial charge in [0.2, 0.25) is 0 Å². The predicted molar refractivity (Wildman–Crippen MR) is 174 cm³/mol. The molecule has 0 spiro atoms. The number of halogens is 1. The molecule has 7 nitrogen and oxygen atoms in total. The lowest BCUT2D eigenvalue weighted by Crippen LogP contribution is -2.29. The molecule has 41 heavy (non-hydrogen) atoms. The van der Waals surface area contributed by atoms with Crippen molar-refractivity contribution in [1.82, 2.24) is 14.8 Å². The molecule has 2 aliphatic rings. The van der Waals surface area contributed by atoms with Crippen LogP contribution in [-0.4, -0.2) is 35.4 Å². The maximum Gasteiger partial charge on any atom is 0.271 e. The minimum Gasteiger partial charge on any atom is -0.394 e. The Bertz CT molecular complexity index is 1140. The molecule has 2 aromatic rings. The topological polar surface area (TPSA) is 95.1 Å². The average molecular weight is 602 g/mol. The number of allylic oxidation sites excluding steroid dienone is 1. The van der Waals surface area contributed by atoms with Crippen LogP contribution in [0.25, 0.3) is 11.3 Å². The highest BCUT2D eigenvalue weighted by Gasteiger charge is 2.30. The van der Waals surface area contributed by atoms with Gasteiger partial charge in [-0.25, -0.2) is 4.68 Å². The van der Waals surface area contributed by atoms with Gasteiger partial charge in [-0.05, 0) is 74.6 Å². The molecule has 2 aromatic heterocycles. The molecule has 3 N–H and O–H groups in total. The molecular formula is C32H52ClN5O2Si. The summed E-state index contributed by atoms with van der Waals surface area (Å²) in [6, 6.07) is 5.03. The minimum absolute atomic E-state index is 0. The number of nitrogens with two attached hydrogens (primary N) is 1. The lowest BCUT2D eigenvalue weighted by atomic mass is 9.73. The quantitative estimate of drug-likeness (QED) is 0.155. The second-order valence-electron chi connectivity index (χ2n) is 13.0. The Kier molecular flexibility index (Phi) is 12.5. The van der Waals surface area contributed by atoms with E-state index in [9.17, 15) is 4.79 Å². The first-order chi connectivity index (χ1) is 19.2. The molecule has 2 aliphatic carbocycles. The molecule has 228 valence electrons. The number of hydrogen-bond donors (Lipinski definition) is 2. The van der Waals surface area contributed by atoms with Crippen molar-refractivity contribution in [3.05, 3.63) is 41.0 Å². The van der Waals surface area contributed by atoms with Crippen molar-refractivity contribution in [3.8, 4) is 11.3 Å². The first kappa shape index (κ1) is 33.3. The Balaban J connectivity index is 0.00000462. The first-order valence-corrected chi connectivity index (χ1v) is 19.3. The van der Waals surface area contributed by atoms with Crippen LogP contribution in [0.4, 0.5) is 5.69 Å². The lowest BCUT2D eigenvalue weighted by molar-refractivity contribution is -0.113. The summed E-state index contributed by atoms with van der Waals surface area (Å²) >= 11 is 0. The third-order valence-corrected chi connectivity index (χ3v) is 10.4. The minimum atomic E-state index is -1.13. The summed E-state index contributed by atoms with van der Waals surface area (Å²) in [5.41, 5.74) is 13.0. The van der Waals surface area contributed by atoms with Crippen LogP contribution >= 0.6 is 12.4 Å². The first-order valence-electron chi connectivity index (χ1n) is 15.6. The smallest absolute Gasteiger partial charge is 0.271 e. The Morgan fingerprint density at radius 1 is 1.05 bits per heavy atom. The molecular weight excluding hydrogens is 550 g/mol. The maximum absolute atomic E-state index is 13.4. The summed E-state index contributed by atoms with van der Waals surface area (Å²) < 4.78 is 7.95. The summed E-state index contributed by atoms with van der Waals surface area (Å²) in [4.78, 5) is 18.1. The van der Waals surface area contributed by atoms with Crippen molar-refractivity contribution >= 4 is 32.1 Å². The zero-order valence-electron chi connectivity index (χ0n) is 25.9. The summed E-state index contributed by atoms with van der Waals surface area (Å²) in [7, 11) is -1.13. The van der Waals surface area contributed by atoms with E-state index in [1.54, 1.807) is 6.20 Å². The summed E-state index contributed by atoms with van der Waals surface area (Å²) in [6.07, 6.45) is 14.7. The van der Waals surface area contributed by atoms with Crippen molar-refractivity contribution in [3.63, 3.8) is 0 Å². The van der Waals surface area contributed by atoms with Gasteiger partial charge in [0.25, 0.3) is 5.91 Å². The predicted octanol–water partition coefficient (Wildman–Crippen LogP) is 7.86. The highest BCUT2D eigenvalue weighted by Crippen LogP contribution is 2.40. The molecule has 0 saturated heterocycles. The van der Waals surface area contributed by atoms with Crippen LogP contribution in [0.5, 0.6) is 0 Å². The van der Waals surface area contributed by atoms with Crippen molar-refractivity contribution in [2.75, 3.05) is 11.9 Å². The number of nitrogens with one attached hydrogen (secondary N) is 1. The van der Waals surface area contributed by atoms with Gasteiger partial charge in [-0.15, -0.1) is 12.4 Å². The number of nitrogens with zero attached hydrogens (tertiary/aromatic N) is 3. The van der Waals surface area contributed by atoms with E-state index in [1.807, 2.05) is 23.7 Å². The molecule has 4 rings (SSSR count). The molecule has 0 aliphatic heterocycles. The molecule has 0 aromatic carbocycles. The Hall–Kier alpha value is -2.16. The molecule has 9 heteroatoms. The average Bonchev–Trinajstić information content (AvgIpc) is 3.27. The van der Waals surface area contributed by atoms with Gasteiger partial charge < -0.3 is 15.8 Å². The van der Waals surface area contributed by atoms with Crippen molar-refractivity contribution < 1.29 is 9.53 Å². The van der Waals surface area contributed by atoms with Crippen LogP contribution < -0.4 is 11.1 Å². The number of carbonyl (C=O) groups is 1. The number of carbonyl (C=O) groups excluding carboxylic acids is 1. The monoisotopic (exact) mass is 601 g/mol. The van der Waals surface area contributed by atoms with Gasteiger partial charge in [-0.3, -0.25) is 9.78 Å². The van der Waals surface area contributed by atoms with Crippen LogP contribution in [-0.2, 0) is 22.7 Å². The van der Waals surface area contributed by atoms with E-state index in [4.69, 9.17) is 20.6 Å². The fourth-order valence-electron chi connectivity index (χ4n) is 6.50. The fraction of sp³-hybridized carbons (Fsp3) is 0.656. The summed E-state index contributed by atoms with van der Waals surface area (Å²) in [5.74, 6) is 0.721. The van der Waals surface area contributed by atoms with Crippen molar-refractivity contribution in [2.45, 2.75) is 117 Å². The molecule has 1 amide bonds. The van der Waals surface area contributed by atoms with E-state index in [0.29, 0.717) is 30.0 Å². The van der Waals surface area contributed by atoms with Gasteiger partial charge in [0, 0.05) is 20.2 Å². The van der Waals surface area contributed by atoms with E-state index in [0.717, 1.165) is 67.4 Å². The molecule has 2 fully saturated rings. The van der Waals surface area contributed by atoms with Crippen LogP contribution in [0.3, 0.4) is 0 Å². The van der Waals surface area contributed by atoms with Gasteiger partial charge in [-0.2, -0.15) is 5.10 Å². The largest absolute Gasteiger partial charge is 0.394 e. The zero-order valence-corrected chi connectivity index (χ0v) is 27.7. The number of aryl methyl sites for hydroxylation is 1. The summed E-state index contributed by atoms with van der Waals surface area (Å²) in [5, 5.41) is 7.82. The van der Waals surface area contributed by atoms with Crippen molar-refractivity contribution in [2.24, 2.45) is 17.6 Å². The van der Waals surface area contributed by atoms with Crippen LogP contribution in [0, 0.1) is 18.8 Å². The second kappa shape index (κ2) is 15.3. The molecule has 2 saturated carbocycles. The van der Waals surface area contributed by atoms with Crippen molar-refractivity contribution in [1.29, 1.82) is 0 Å². The Labute approximate surface area is 254 Å². The second-order valence-corrected chi connectivity index (χ2v) is 18.7. The van der Waals surface area contributed by atoms with Gasteiger partial charge in [0.15, 0.2) is 0 Å². The Morgan fingerprint density at radius 3 is 2.17 bits per heavy atom. The lowest BCUT2D eigenvalue weighted by Gasteiger charge is -2.33. The highest BCUT2D eigenvalue weighted by molar-refractivity contribution is 6.76. The molecule has 2 heterocycles. The standard InChI is InChI=1S/C32H51N5O2Si.ClH/c1-6-28-29(23(2)36-37(28)22-39-19-20-40(3,4)5)27-18-17-26(21-34-27)35-32(38)31(33)30(24-13-9-7-10-14-24)25-15-11-8-12-16-25;/h17-18,21,24-25H,6-16,19-20,22,33H2,1-5H3,(H,35,38);1H. The van der Waals surface area contributed by atoms with Gasteiger partial charge >= 0.3 is 0 Å². The third kappa shape index (κ3) is 8.91. The summed E-state index contributed by atoms with van der Waals surface area (Å²) in [6.45, 7) is 12.5. The van der Waals surface area contributed by atoms with E-state index < -0.39 is 8.07 Å². The normalized spacial score (nSPS) is 16.7. The number of ether oxygens (including phenoxy) is 1. The fourth-order valence-corrected chi connectivity index (χ4v) is 7.26. The van der Waals surface area contributed by atoms with E-state index in [1.165, 1.54) is 44.1 Å². The number of amides is 1. The van der Waals surface area contributed by atoms with Gasteiger partial charge in [0.05, 0.1) is 34.7 Å². The molecule has 0 radical (unpaired) electrons. The third-order valence-electron chi connectivity index (χ3n) is 8.70. The highest BCUT2D eigenvalue weighted by atomic mass is 35.5. The SMILES string of the molecule is CCc1c(-c2ccc(NC(=O)C(N)=C(C3CCCCC3)C3CCCCC3)cn2)c(C)nn1COCC[Si](C)(C)C.Cl. The van der Waals surface area contributed by atoms with Crippen LogP contribution in [0.15, 0.2) is 29.6 Å². The Morgan fingerprint density at radius 2 is 1.66 bits per heavy atom. The molecule has 0 unspecified atom stereocenters. The number of pyridine rings is 1. The number of rotatable bonds is 11. The molecule has 0 atom stereocenters. The van der Waals surface area contributed by atoms with Gasteiger partial charge in [-0.1, -0.05) is 65.1 Å². The van der Waals surface area contributed by atoms with E-state index >= 15 is 0 Å². The van der Waals surface area contributed by atoms with E-state index in [2.05, 4.69) is 31.9 Å². The van der Waals surface area contributed by atoms with Crippen LogP contribution in [0.1, 0.15) is 82.5 Å².